The Labute approximate surface area is 156 Å². The molecule has 7 nitrogen and oxygen atoms in total. The van der Waals surface area contributed by atoms with Crippen LogP contribution in [0, 0.1) is 0 Å². The Kier molecular flexibility index (Phi) is 5.03. The third-order valence-corrected chi connectivity index (χ3v) is 4.38. The number of hydrogen-bond donors (Lipinski definition) is 2. The van der Waals surface area contributed by atoms with Crippen LogP contribution in [0.15, 0.2) is 48.0 Å². The van der Waals surface area contributed by atoms with Crippen molar-refractivity contribution in [1.82, 2.24) is 5.32 Å². The van der Waals surface area contributed by atoms with Crippen molar-refractivity contribution in [2.75, 3.05) is 21.3 Å². The highest BCUT2D eigenvalue weighted by atomic mass is 16.5. The van der Waals surface area contributed by atoms with Gasteiger partial charge in [0.25, 0.3) is 11.7 Å². The molecule has 1 fully saturated rings. The number of aliphatic hydroxyl groups excluding tert-OH is 1. The van der Waals surface area contributed by atoms with Crippen molar-refractivity contribution in [3.05, 3.63) is 59.2 Å². The standard InChI is InChI=1S/C20H19NO6/c1-25-12-6-4-11(5-7-12)18(22)16-17(21-20(24)19(16)23)14-10-13(26-2)8-9-15(14)27-3/h4-10,17,22H,1-3H3,(H,21,24)/b18-16-. The molecule has 2 N–H and O–H groups in total. The Hall–Kier alpha value is -3.48. The minimum atomic E-state index is -0.864. The molecule has 1 atom stereocenters. The van der Waals surface area contributed by atoms with Crippen LogP contribution in [0.1, 0.15) is 17.2 Å². The van der Waals surface area contributed by atoms with Gasteiger partial charge in [0.05, 0.1) is 32.9 Å². The van der Waals surface area contributed by atoms with Gasteiger partial charge in [0, 0.05) is 11.1 Å². The van der Waals surface area contributed by atoms with Crippen LogP contribution in [0.25, 0.3) is 5.76 Å². The molecule has 0 aromatic heterocycles. The van der Waals surface area contributed by atoms with Gasteiger partial charge in [0.2, 0.25) is 0 Å². The van der Waals surface area contributed by atoms with E-state index in [1.54, 1.807) is 42.5 Å². The summed E-state index contributed by atoms with van der Waals surface area (Å²) in [5.74, 6) is -0.276. The lowest BCUT2D eigenvalue weighted by Gasteiger charge is -2.18. The molecule has 27 heavy (non-hydrogen) atoms. The van der Waals surface area contributed by atoms with Crippen molar-refractivity contribution < 1.29 is 28.9 Å². The summed E-state index contributed by atoms with van der Waals surface area (Å²) >= 11 is 0. The fourth-order valence-corrected chi connectivity index (χ4v) is 2.97. The highest BCUT2D eigenvalue weighted by Gasteiger charge is 2.41. The molecule has 0 spiro atoms. The summed E-state index contributed by atoms with van der Waals surface area (Å²) in [6, 6.07) is 10.7. The van der Waals surface area contributed by atoms with Crippen LogP contribution in [-0.4, -0.2) is 38.1 Å². The van der Waals surface area contributed by atoms with E-state index in [4.69, 9.17) is 14.2 Å². The van der Waals surface area contributed by atoms with E-state index in [0.717, 1.165) is 0 Å². The molecule has 0 saturated carbocycles. The number of rotatable bonds is 5. The molecule has 1 aliphatic rings. The minimum absolute atomic E-state index is 0.0447. The second kappa shape index (κ2) is 7.41. The number of methoxy groups -OCH3 is 3. The second-order valence-corrected chi connectivity index (χ2v) is 5.83. The van der Waals surface area contributed by atoms with E-state index < -0.39 is 17.7 Å². The van der Waals surface area contributed by atoms with Gasteiger partial charge in [0.1, 0.15) is 23.0 Å². The van der Waals surface area contributed by atoms with Crippen molar-refractivity contribution in [2.45, 2.75) is 6.04 Å². The zero-order valence-corrected chi connectivity index (χ0v) is 15.1. The van der Waals surface area contributed by atoms with Crippen LogP contribution in [0.4, 0.5) is 0 Å². The first-order valence-electron chi connectivity index (χ1n) is 8.14. The number of amides is 1. The Morgan fingerprint density at radius 3 is 2.15 bits per heavy atom. The van der Waals surface area contributed by atoms with Crippen LogP contribution >= 0.6 is 0 Å². The summed E-state index contributed by atoms with van der Waals surface area (Å²) in [5.41, 5.74) is 0.852. The monoisotopic (exact) mass is 369 g/mol. The molecule has 1 heterocycles. The largest absolute Gasteiger partial charge is 0.507 e. The highest BCUT2D eigenvalue weighted by molar-refractivity contribution is 6.46. The molecule has 7 heteroatoms. The van der Waals surface area contributed by atoms with E-state index >= 15 is 0 Å². The molecule has 1 aliphatic heterocycles. The van der Waals surface area contributed by atoms with Gasteiger partial charge in [-0.05, 0) is 42.5 Å². The number of benzene rings is 2. The molecular weight excluding hydrogens is 350 g/mol. The fourth-order valence-electron chi connectivity index (χ4n) is 2.97. The van der Waals surface area contributed by atoms with Crippen LogP contribution in [0.3, 0.4) is 0 Å². The molecule has 140 valence electrons. The molecular formula is C20H19NO6. The van der Waals surface area contributed by atoms with E-state index in [-0.39, 0.29) is 11.3 Å². The zero-order valence-electron chi connectivity index (χ0n) is 15.1. The molecule has 2 aromatic carbocycles. The molecule has 1 amide bonds. The summed E-state index contributed by atoms with van der Waals surface area (Å²) in [6.07, 6.45) is 0. The summed E-state index contributed by atoms with van der Waals surface area (Å²) < 4.78 is 15.7. The van der Waals surface area contributed by atoms with E-state index in [1.165, 1.54) is 21.3 Å². The fraction of sp³-hybridized carbons (Fsp3) is 0.200. The van der Waals surface area contributed by atoms with Gasteiger partial charge in [-0.3, -0.25) is 9.59 Å². The quantitative estimate of drug-likeness (QED) is 0.478. The Bertz CT molecular complexity index is 917. The van der Waals surface area contributed by atoms with Gasteiger partial charge in [-0.15, -0.1) is 0 Å². The van der Waals surface area contributed by atoms with E-state index in [2.05, 4.69) is 5.32 Å². The smallest absolute Gasteiger partial charge is 0.293 e. The predicted molar refractivity (Wildman–Crippen MR) is 98.0 cm³/mol. The first-order chi connectivity index (χ1) is 13.0. The molecule has 0 bridgehead atoms. The Morgan fingerprint density at radius 1 is 0.926 bits per heavy atom. The summed E-state index contributed by atoms with van der Waals surface area (Å²) in [6.45, 7) is 0. The average molecular weight is 369 g/mol. The van der Waals surface area contributed by atoms with Gasteiger partial charge in [-0.2, -0.15) is 0 Å². The third-order valence-electron chi connectivity index (χ3n) is 4.38. The second-order valence-electron chi connectivity index (χ2n) is 5.83. The zero-order chi connectivity index (χ0) is 19.6. The van der Waals surface area contributed by atoms with Crippen molar-refractivity contribution in [3.63, 3.8) is 0 Å². The first-order valence-corrected chi connectivity index (χ1v) is 8.14. The number of ketones is 1. The summed E-state index contributed by atoms with van der Waals surface area (Å²) in [4.78, 5) is 24.5. The number of Topliss-reactive ketones (excluding diaryl/α,β-unsaturated/α-hetero) is 1. The summed E-state index contributed by atoms with van der Waals surface area (Å²) in [7, 11) is 4.52. The molecule has 2 aromatic rings. The van der Waals surface area contributed by atoms with Crippen molar-refractivity contribution >= 4 is 17.4 Å². The van der Waals surface area contributed by atoms with Gasteiger partial charge >= 0.3 is 0 Å². The van der Waals surface area contributed by atoms with Crippen molar-refractivity contribution in [3.8, 4) is 17.2 Å². The molecule has 3 rings (SSSR count). The number of aliphatic hydroxyl groups is 1. The SMILES string of the molecule is COc1ccc(/C(O)=C2/C(=O)C(=O)NC2c2cc(OC)ccc2OC)cc1. The van der Waals surface area contributed by atoms with E-state index in [1.807, 2.05) is 0 Å². The lowest BCUT2D eigenvalue weighted by molar-refractivity contribution is -0.133. The van der Waals surface area contributed by atoms with E-state index in [9.17, 15) is 14.7 Å². The maximum absolute atomic E-state index is 12.5. The van der Waals surface area contributed by atoms with Gasteiger partial charge in [-0.1, -0.05) is 0 Å². The Morgan fingerprint density at radius 2 is 1.56 bits per heavy atom. The van der Waals surface area contributed by atoms with Gasteiger partial charge in [-0.25, -0.2) is 0 Å². The van der Waals surface area contributed by atoms with Crippen molar-refractivity contribution in [2.24, 2.45) is 0 Å². The van der Waals surface area contributed by atoms with Crippen LogP contribution in [0.2, 0.25) is 0 Å². The van der Waals surface area contributed by atoms with Crippen LogP contribution in [0.5, 0.6) is 17.2 Å². The lowest BCUT2D eigenvalue weighted by atomic mass is 9.95. The number of carbonyl (C=O) groups excluding carboxylic acids is 2. The first kappa shape index (κ1) is 18.3. The maximum Gasteiger partial charge on any atom is 0.293 e. The topological polar surface area (TPSA) is 94.1 Å². The van der Waals surface area contributed by atoms with Crippen LogP contribution < -0.4 is 19.5 Å². The molecule has 0 aliphatic carbocycles. The molecule has 1 saturated heterocycles. The highest BCUT2D eigenvalue weighted by Crippen LogP contribution is 2.38. The minimum Gasteiger partial charge on any atom is -0.507 e. The molecule has 0 radical (unpaired) electrons. The lowest BCUT2D eigenvalue weighted by Crippen LogP contribution is -2.21. The number of carbonyl (C=O) groups is 2. The average Bonchev–Trinajstić information content (AvgIpc) is 3.01. The number of ether oxygens (including phenoxy) is 3. The molecule has 1 unspecified atom stereocenters. The van der Waals surface area contributed by atoms with Crippen LogP contribution in [-0.2, 0) is 9.59 Å². The van der Waals surface area contributed by atoms with Gasteiger partial charge < -0.3 is 24.6 Å². The number of hydrogen-bond acceptors (Lipinski definition) is 6. The van der Waals surface area contributed by atoms with Crippen molar-refractivity contribution in [1.29, 1.82) is 0 Å². The van der Waals surface area contributed by atoms with Gasteiger partial charge in [0.15, 0.2) is 0 Å². The van der Waals surface area contributed by atoms with E-state index in [0.29, 0.717) is 28.4 Å². The maximum atomic E-state index is 12.5. The Balaban J connectivity index is 2.14. The summed E-state index contributed by atoms with van der Waals surface area (Å²) in [5, 5.41) is 13.4. The number of nitrogens with one attached hydrogen (secondary N) is 1. The third kappa shape index (κ3) is 3.31. The predicted octanol–water partition coefficient (Wildman–Crippen LogP) is 2.42. The normalized spacial score (nSPS) is 18.1.